The average Bonchev–Trinajstić information content (AvgIpc) is 3.29. The predicted molar refractivity (Wildman–Crippen MR) is 169 cm³/mol. The maximum absolute atomic E-state index is 12.4. The van der Waals surface area contributed by atoms with E-state index < -0.39 is 11.7 Å². The van der Waals surface area contributed by atoms with Gasteiger partial charge in [0, 0.05) is 53.7 Å². The number of rotatable bonds is 9. The molecule has 10 nitrogen and oxygen atoms in total. The van der Waals surface area contributed by atoms with Crippen LogP contribution in [0, 0.1) is 5.92 Å². The molecule has 0 saturated heterocycles. The number of amides is 1. The first-order valence-electron chi connectivity index (χ1n) is 14.8. The topological polar surface area (TPSA) is 120 Å². The molecule has 3 aliphatic carbocycles. The molecular formula is C33H41N7O3. The Kier molecular flexibility index (Phi) is 7.20. The molecule has 2 aromatic carbocycles. The number of benzene rings is 2. The molecule has 1 atom stereocenters. The highest BCUT2D eigenvalue weighted by atomic mass is 16.6. The van der Waals surface area contributed by atoms with Gasteiger partial charge in [0.1, 0.15) is 11.4 Å². The van der Waals surface area contributed by atoms with Crippen molar-refractivity contribution < 1.29 is 14.3 Å². The van der Waals surface area contributed by atoms with Crippen molar-refractivity contribution in [2.75, 3.05) is 25.2 Å². The van der Waals surface area contributed by atoms with Crippen LogP contribution in [-0.2, 0) is 16.8 Å². The Morgan fingerprint density at radius 2 is 1.95 bits per heavy atom. The summed E-state index contributed by atoms with van der Waals surface area (Å²) in [7, 11) is 3.31. The number of anilines is 3. The van der Waals surface area contributed by atoms with Crippen molar-refractivity contribution in [1.29, 1.82) is 0 Å². The summed E-state index contributed by atoms with van der Waals surface area (Å²) in [5.41, 5.74) is 11.5. The highest BCUT2D eigenvalue weighted by Crippen LogP contribution is 2.63. The molecule has 0 radical (unpaired) electrons. The molecule has 1 amide bonds. The summed E-state index contributed by atoms with van der Waals surface area (Å²) in [6, 6.07) is 14.2. The molecule has 3 aliphatic rings. The third-order valence-electron chi connectivity index (χ3n) is 8.72. The number of nitrogens with two attached hydrogens (primary N) is 1. The van der Waals surface area contributed by atoms with Gasteiger partial charge < -0.3 is 25.1 Å². The van der Waals surface area contributed by atoms with Gasteiger partial charge in [-0.2, -0.15) is 0 Å². The van der Waals surface area contributed by atoms with E-state index in [9.17, 15) is 4.79 Å². The average molecular weight is 584 g/mol. The molecule has 4 N–H and O–H groups in total. The summed E-state index contributed by atoms with van der Waals surface area (Å²) >= 11 is 0. The molecule has 2 aromatic heterocycles. The van der Waals surface area contributed by atoms with Crippen LogP contribution in [0.5, 0.6) is 5.75 Å². The SMILES string of the molecule is COc1cc(CNC(C)N(C)C(=O)OC(C)(C)C)c(N)cc1Nc1nccc(-c2cn(C34CC(C3)C4)c3ccccc23)n1. The lowest BCUT2D eigenvalue weighted by atomic mass is 9.49. The zero-order valence-corrected chi connectivity index (χ0v) is 25.8. The fraction of sp³-hybridized carbons (Fsp3) is 0.424. The minimum atomic E-state index is -0.566. The van der Waals surface area contributed by atoms with Crippen LogP contribution in [0.4, 0.5) is 22.1 Å². The first kappa shape index (κ1) is 28.8. The second-order valence-corrected chi connectivity index (χ2v) is 12.9. The van der Waals surface area contributed by atoms with E-state index in [0.717, 1.165) is 22.7 Å². The minimum Gasteiger partial charge on any atom is -0.495 e. The molecule has 1 unspecified atom stereocenters. The summed E-state index contributed by atoms with van der Waals surface area (Å²) in [6.45, 7) is 7.85. The summed E-state index contributed by atoms with van der Waals surface area (Å²) in [5, 5.41) is 7.84. The Balaban J connectivity index is 1.19. The fourth-order valence-corrected chi connectivity index (χ4v) is 6.14. The second-order valence-electron chi connectivity index (χ2n) is 12.9. The molecule has 2 heterocycles. The predicted octanol–water partition coefficient (Wildman–Crippen LogP) is 6.24. The van der Waals surface area contributed by atoms with Crippen molar-refractivity contribution in [2.24, 2.45) is 5.92 Å². The van der Waals surface area contributed by atoms with Gasteiger partial charge in [0.05, 0.1) is 24.7 Å². The van der Waals surface area contributed by atoms with Gasteiger partial charge in [-0.1, -0.05) is 18.2 Å². The van der Waals surface area contributed by atoms with E-state index in [-0.39, 0.29) is 11.7 Å². The number of nitrogen functional groups attached to an aromatic ring is 1. The van der Waals surface area contributed by atoms with E-state index in [4.69, 9.17) is 20.2 Å². The zero-order valence-electron chi connectivity index (χ0n) is 25.8. The van der Waals surface area contributed by atoms with Crippen LogP contribution < -0.4 is 21.1 Å². The molecule has 0 aliphatic heterocycles. The molecule has 7 rings (SSSR count). The van der Waals surface area contributed by atoms with Crippen LogP contribution in [0.15, 0.2) is 54.9 Å². The second kappa shape index (κ2) is 10.8. The van der Waals surface area contributed by atoms with Crippen LogP contribution in [0.3, 0.4) is 0 Å². The number of nitrogens with zero attached hydrogens (tertiary/aromatic N) is 4. The van der Waals surface area contributed by atoms with Crippen molar-refractivity contribution in [3.8, 4) is 17.0 Å². The van der Waals surface area contributed by atoms with Crippen LogP contribution in [0.1, 0.15) is 52.5 Å². The Hall–Kier alpha value is -4.31. The number of nitrogens with one attached hydrogen (secondary N) is 2. The van der Waals surface area contributed by atoms with Crippen LogP contribution >= 0.6 is 0 Å². The number of carbonyl (C=O) groups is 1. The van der Waals surface area contributed by atoms with Crippen LogP contribution in [-0.4, -0.2) is 51.5 Å². The smallest absolute Gasteiger partial charge is 0.411 e. The summed E-state index contributed by atoms with van der Waals surface area (Å²) in [5.74, 6) is 1.95. The first-order chi connectivity index (χ1) is 20.5. The standard InChI is InChI=1S/C33H41N7O3/c1-20(39(5)31(41)43-32(2,3)4)36-18-22-13-29(42-6)27(14-25(22)34)38-30-35-12-11-26(37-30)24-19-40(33-15-21(16-33)17-33)28-10-8-7-9-23(24)28/h7-14,19-21,36H,15-18,34H2,1-6H3,(H,35,37,38). The largest absolute Gasteiger partial charge is 0.495 e. The van der Waals surface area contributed by atoms with Gasteiger partial charge in [0.25, 0.3) is 0 Å². The first-order valence-corrected chi connectivity index (χ1v) is 14.8. The number of para-hydroxylation sites is 1. The number of ether oxygens (including phenoxy) is 2. The van der Waals surface area contributed by atoms with Gasteiger partial charge in [0.2, 0.25) is 5.95 Å². The van der Waals surface area contributed by atoms with Crippen molar-refractivity contribution in [1.82, 2.24) is 24.8 Å². The monoisotopic (exact) mass is 583 g/mol. The Bertz CT molecular complexity index is 1660. The molecule has 2 bridgehead atoms. The molecular weight excluding hydrogens is 542 g/mol. The molecule has 0 spiro atoms. The Labute approximate surface area is 252 Å². The highest BCUT2D eigenvalue weighted by Gasteiger charge is 2.58. The number of hydrogen-bond acceptors (Lipinski definition) is 8. The van der Waals surface area contributed by atoms with Gasteiger partial charge >= 0.3 is 6.09 Å². The molecule has 43 heavy (non-hydrogen) atoms. The van der Waals surface area contributed by atoms with E-state index in [2.05, 4.69) is 50.6 Å². The third kappa shape index (κ3) is 5.47. The normalized spacial score (nSPS) is 19.7. The molecule has 3 saturated carbocycles. The molecule has 10 heteroatoms. The van der Waals surface area contributed by atoms with E-state index in [0.29, 0.717) is 29.6 Å². The minimum absolute atomic E-state index is 0.279. The lowest BCUT2D eigenvalue weighted by Crippen LogP contribution is -2.58. The van der Waals surface area contributed by atoms with E-state index in [1.165, 1.54) is 35.1 Å². The van der Waals surface area contributed by atoms with Crippen LogP contribution in [0.25, 0.3) is 22.2 Å². The fourth-order valence-electron chi connectivity index (χ4n) is 6.14. The summed E-state index contributed by atoms with van der Waals surface area (Å²) in [4.78, 5) is 23.3. The maximum Gasteiger partial charge on any atom is 0.411 e. The van der Waals surface area contributed by atoms with Gasteiger partial charge in [-0.15, -0.1) is 0 Å². The Morgan fingerprint density at radius 3 is 2.63 bits per heavy atom. The lowest BCUT2D eigenvalue weighted by Gasteiger charge is -2.62. The van der Waals surface area contributed by atoms with Crippen molar-refractivity contribution >= 4 is 34.3 Å². The van der Waals surface area contributed by atoms with Gasteiger partial charge in [-0.05, 0) is 82.7 Å². The van der Waals surface area contributed by atoms with Crippen molar-refractivity contribution in [3.05, 3.63) is 60.4 Å². The van der Waals surface area contributed by atoms with Crippen molar-refractivity contribution in [3.63, 3.8) is 0 Å². The van der Waals surface area contributed by atoms with Gasteiger partial charge in [-0.3, -0.25) is 10.2 Å². The van der Waals surface area contributed by atoms with Crippen molar-refractivity contribution in [2.45, 2.75) is 70.8 Å². The Morgan fingerprint density at radius 1 is 1.21 bits per heavy atom. The third-order valence-corrected chi connectivity index (χ3v) is 8.72. The van der Waals surface area contributed by atoms with Crippen LogP contribution in [0.2, 0.25) is 0 Å². The zero-order chi connectivity index (χ0) is 30.5. The number of fused-ring (bicyclic) bond motifs is 1. The quantitative estimate of drug-likeness (QED) is 0.156. The highest BCUT2D eigenvalue weighted by molar-refractivity contribution is 5.95. The molecule has 3 fully saturated rings. The van der Waals surface area contributed by atoms with E-state index in [1.807, 2.05) is 45.9 Å². The number of methoxy groups -OCH3 is 1. The maximum atomic E-state index is 12.4. The van der Waals surface area contributed by atoms with Gasteiger partial charge in [-0.25, -0.2) is 14.8 Å². The number of hydrogen-bond donors (Lipinski definition) is 3. The summed E-state index contributed by atoms with van der Waals surface area (Å²) in [6.07, 6.45) is 7.18. The number of carbonyl (C=O) groups excluding carboxylic acids is 1. The van der Waals surface area contributed by atoms with E-state index >= 15 is 0 Å². The summed E-state index contributed by atoms with van der Waals surface area (Å²) < 4.78 is 13.7. The lowest BCUT2D eigenvalue weighted by molar-refractivity contribution is -0.0854. The molecule has 226 valence electrons. The molecule has 4 aromatic rings. The van der Waals surface area contributed by atoms with Gasteiger partial charge in [0.15, 0.2) is 0 Å². The number of aromatic nitrogens is 3. The van der Waals surface area contributed by atoms with E-state index in [1.54, 1.807) is 20.4 Å².